The fraction of sp³-hybridized carbons (Fsp3) is 0.273. The Bertz CT molecular complexity index is 932. The summed E-state index contributed by atoms with van der Waals surface area (Å²) >= 11 is 0. The first-order valence-corrected chi connectivity index (χ1v) is 9.04. The number of imide groups is 1. The number of hydrogen-bond donors (Lipinski definition) is 1. The highest BCUT2D eigenvalue weighted by Crippen LogP contribution is 2.31. The van der Waals surface area contributed by atoms with Gasteiger partial charge in [0.25, 0.3) is 11.8 Å². The third-order valence-electron chi connectivity index (χ3n) is 4.84. The molecule has 3 rings (SSSR count). The Hall–Kier alpha value is -3.12. The van der Waals surface area contributed by atoms with Crippen LogP contribution in [0.1, 0.15) is 16.7 Å². The number of nitrogens with one attached hydrogen (secondary N) is 1. The van der Waals surface area contributed by atoms with Gasteiger partial charge in [-0.2, -0.15) is 0 Å². The van der Waals surface area contributed by atoms with Crippen LogP contribution in [0.5, 0.6) is 5.75 Å². The van der Waals surface area contributed by atoms with Crippen molar-refractivity contribution in [1.29, 1.82) is 0 Å². The largest absolute Gasteiger partial charge is 0.497 e. The summed E-state index contributed by atoms with van der Waals surface area (Å²) in [5, 5.41) is 3.13. The third kappa shape index (κ3) is 3.77. The highest BCUT2D eigenvalue weighted by Gasteiger charge is 2.39. The van der Waals surface area contributed by atoms with Crippen LogP contribution < -0.4 is 10.1 Å². The number of benzene rings is 2. The van der Waals surface area contributed by atoms with Gasteiger partial charge < -0.3 is 14.8 Å². The van der Waals surface area contributed by atoms with E-state index in [1.54, 1.807) is 38.5 Å². The summed E-state index contributed by atoms with van der Waals surface area (Å²) in [6, 6.07) is 13.0. The topological polar surface area (TPSA) is 67.9 Å². The molecule has 0 bridgehead atoms. The van der Waals surface area contributed by atoms with E-state index in [-0.39, 0.29) is 30.7 Å². The van der Waals surface area contributed by atoms with E-state index in [2.05, 4.69) is 5.32 Å². The smallest absolute Gasteiger partial charge is 0.278 e. The van der Waals surface area contributed by atoms with Crippen LogP contribution in [0.3, 0.4) is 0 Å². The predicted octanol–water partition coefficient (Wildman–Crippen LogP) is 3.15. The Labute approximate surface area is 164 Å². The maximum Gasteiger partial charge on any atom is 0.278 e. The summed E-state index contributed by atoms with van der Waals surface area (Å²) in [6.45, 7) is 4.49. The quantitative estimate of drug-likeness (QED) is 0.748. The normalized spacial score (nSPS) is 14.1. The molecule has 1 aliphatic rings. The summed E-state index contributed by atoms with van der Waals surface area (Å²) in [5.41, 5.74) is 4.25. The number of carbonyl (C=O) groups is 2. The molecule has 2 aromatic rings. The highest BCUT2D eigenvalue weighted by molar-refractivity contribution is 6.36. The first kappa shape index (κ1) is 19.6. The van der Waals surface area contributed by atoms with Crippen LogP contribution in [0.25, 0.3) is 5.57 Å². The Morgan fingerprint density at radius 3 is 2.25 bits per heavy atom. The van der Waals surface area contributed by atoms with Gasteiger partial charge in [-0.15, -0.1) is 0 Å². The van der Waals surface area contributed by atoms with Crippen molar-refractivity contribution in [3.8, 4) is 5.75 Å². The Morgan fingerprint density at radius 1 is 0.929 bits per heavy atom. The van der Waals surface area contributed by atoms with E-state index in [4.69, 9.17) is 9.47 Å². The molecule has 0 atom stereocenters. The maximum atomic E-state index is 13.1. The number of carbonyl (C=O) groups excluding carboxylic acids is 2. The average Bonchev–Trinajstić information content (AvgIpc) is 2.92. The lowest BCUT2D eigenvalue weighted by molar-refractivity contribution is -0.137. The minimum atomic E-state index is -0.355. The zero-order valence-corrected chi connectivity index (χ0v) is 16.5. The van der Waals surface area contributed by atoms with Gasteiger partial charge in [0.2, 0.25) is 0 Å². The number of methoxy groups -OCH3 is 2. The van der Waals surface area contributed by atoms with Crippen molar-refractivity contribution < 1.29 is 19.1 Å². The van der Waals surface area contributed by atoms with Gasteiger partial charge in [-0.1, -0.05) is 18.2 Å². The molecule has 0 spiro atoms. The molecule has 0 aromatic heterocycles. The van der Waals surface area contributed by atoms with Gasteiger partial charge >= 0.3 is 0 Å². The molecule has 0 saturated heterocycles. The van der Waals surface area contributed by atoms with Crippen LogP contribution in [0.2, 0.25) is 0 Å². The van der Waals surface area contributed by atoms with Crippen LogP contribution in [-0.4, -0.2) is 44.1 Å². The molecule has 1 N–H and O–H groups in total. The molecule has 2 aromatic carbocycles. The van der Waals surface area contributed by atoms with Gasteiger partial charge in [0.1, 0.15) is 11.4 Å². The standard InChI is InChI=1S/C22H24N2O4/c1-14-5-6-16(13-15(14)2)19-20(22(26)24(21(19)25)11-12-27-3)23-17-7-9-18(28-4)10-8-17/h5-10,13,23H,11-12H2,1-4H3. The minimum absolute atomic E-state index is 0.205. The molecule has 0 unspecified atom stereocenters. The van der Waals surface area contributed by atoms with Gasteiger partial charge in [0, 0.05) is 12.8 Å². The molecule has 2 amide bonds. The SMILES string of the molecule is COCCN1C(=O)C(Nc2ccc(OC)cc2)=C(c2ccc(C)c(C)c2)C1=O. The molecule has 0 aliphatic carbocycles. The second kappa shape index (κ2) is 8.27. The lowest BCUT2D eigenvalue weighted by atomic mass is 9.99. The number of nitrogens with zero attached hydrogens (tertiary/aromatic N) is 1. The molecule has 28 heavy (non-hydrogen) atoms. The Kier molecular flexibility index (Phi) is 5.80. The average molecular weight is 380 g/mol. The van der Waals surface area contributed by atoms with Gasteiger partial charge in [0.05, 0.1) is 25.8 Å². The number of amides is 2. The van der Waals surface area contributed by atoms with Gasteiger partial charge in [0.15, 0.2) is 0 Å². The summed E-state index contributed by atoms with van der Waals surface area (Å²) < 4.78 is 10.2. The first-order valence-electron chi connectivity index (χ1n) is 9.04. The number of ether oxygens (including phenoxy) is 2. The third-order valence-corrected chi connectivity index (χ3v) is 4.84. The zero-order chi connectivity index (χ0) is 20.3. The molecule has 6 nitrogen and oxygen atoms in total. The van der Waals surface area contributed by atoms with Crippen molar-refractivity contribution in [2.24, 2.45) is 0 Å². The molecule has 6 heteroatoms. The number of hydrogen-bond acceptors (Lipinski definition) is 5. The van der Waals surface area contributed by atoms with Crippen LogP contribution in [0.15, 0.2) is 48.2 Å². The lowest BCUT2D eigenvalue weighted by Crippen LogP contribution is -2.35. The summed E-state index contributed by atoms with van der Waals surface area (Å²) in [5.74, 6) is 0.0388. The molecule has 0 radical (unpaired) electrons. The van der Waals surface area contributed by atoms with E-state index in [1.807, 2.05) is 32.0 Å². The summed E-state index contributed by atoms with van der Waals surface area (Å²) in [6.07, 6.45) is 0. The molecule has 1 aliphatic heterocycles. The zero-order valence-electron chi connectivity index (χ0n) is 16.5. The monoisotopic (exact) mass is 380 g/mol. The van der Waals surface area contributed by atoms with Crippen molar-refractivity contribution >= 4 is 23.1 Å². The summed E-state index contributed by atoms with van der Waals surface area (Å²) in [4.78, 5) is 27.3. The van der Waals surface area contributed by atoms with E-state index in [0.29, 0.717) is 17.0 Å². The van der Waals surface area contributed by atoms with E-state index in [9.17, 15) is 9.59 Å². The van der Waals surface area contributed by atoms with Crippen molar-refractivity contribution in [2.75, 3.05) is 32.7 Å². The van der Waals surface area contributed by atoms with Crippen LogP contribution in [0.4, 0.5) is 5.69 Å². The lowest BCUT2D eigenvalue weighted by Gasteiger charge is -2.14. The summed E-state index contributed by atoms with van der Waals surface area (Å²) in [7, 11) is 3.13. The van der Waals surface area contributed by atoms with Crippen LogP contribution >= 0.6 is 0 Å². The molecule has 146 valence electrons. The Morgan fingerprint density at radius 2 is 1.64 bits per heavy atom. The van der Waals surface area contributed by atoms with Crippen molar-refractivity contribution in [1.82, 2.24) is 4.90 Å². The van der Waals surface area contributed by atoms with Crippen LogP contribution in [-0.2, 0) is 14.3 Å². The first-order chi connectivity index (χ1) is 13.5. The van der Waals surface area contributed by atoms with Crippen LogP contribution in [0, 0.1) is 13.8 Å². The van der Waals surface area contributed by atoms with Crippen molar-refractivity contribution in [3.63, 3.8) is 0 Å². The predicted molar refractivity (Wildman–Crippen MR) is 108 cm³/mol. The highest BCUT2D eigenvalue weighted by atomic mass is 16.5. The van der Waals surface area contributed by atoms with Gasteiger partial charge in [-0.05, 0) is 54.8 Å². The van der Waals surface area contributed by atoms with E-state index in [0.717, 1.165) is 16.7 Å². The van der Waals surface area contributed by atoms with E-state index in [1.165, 1.54) is 4.90 Å². The van der Waals surface area contributed by atoms with Gasteiger partial charge in [-0.25, -0.2) is 0 Å². The Balaban J connectivity index is 2.03. The maximum absolute atomic E-state index is 13.1. The molecule has 1 heterocycles. The number of aryl methyl sites for hydroxylation is 2. The van der Waals surface area contributed by atoms with E-state index < -0.39 is 0 Å². The minimum Gasteiger partial charge on any atom is -0.497 e. The van der Waals surface area contributed by atoms with Crippen molar-refractivity contribution in [2.45, 2.75) is 13.8 Å². The second-order valence-corrected chi connectivity index (χ2v) is 6.66. The second-order valence-electron chi connectivity index (χ2n) is 6.66. The number of rotatable bonds is 7. The fourth-order valence-electron chi connectivity index (χ4n) is 3.06. The number of anilines is 1. The molecular formula is C22H24N2O4. The fourth-order valence-corrected chi connectivity index (χ4v) is 3.06. The molecule has 0 saturated carbocycles. The molecule has 0 fully saturated rings. The van der Waals surface area contributed by atoms with E-state index >= 15 is 0 Å². The molecular weight excluding hydrogens is 356 g/mol. The van der Waals surface area contributed by atoms with Crippen molar-refractivity contribution in [3.05, 3.63) is 64.9 Å². The van der Waals surface area contributed by atoms with Gasteiger partial charge in [-0.3, -0.25) is 14.5 Å².